The van der Waals surface area contributed by atoms with Gasteiger partial charge in [0, 0.05) is 49.4 Å². The van der Waals surface area contributed by atoms with Gasteiger partial charge in [-0.3, -0.25) is 14.2 Å². The number of rotatable bonds is 10. The third-order valence-corrected chi connectivity index (χ3v) is 10.1. The van der Waals surface area contributed by atoms with Crippen molar-refractivity contribution in [1.82, 2.24) is 24.3 Å². The van der Waals surface area contributed by atoms with E-state index in [0.29, 0.717) is 47.7 Å². The summed E-state index contributed by atoms with van der Waals surface area (Å²) >= 11 is 1.13. The number of halogens is 3. The topological polar surface area (TPSA) is 109 Å². The Bertz CT molecular complexity index is 2180. The molecule has 5 aromatic rings. The largest absolute Gasteiger partial charge is 0.345 e. The molecule has 6 rings (SSSR count). The summed E-state index contributed by atoms with van der Waals surface area (Å²) in [6, 6.07) is 14.8. The fourth-order valence-electron chi connectivity index (χ4n) is 6.27. The number of likely N-dealkylation sites (tertiary alicyclic amines) is 1. The van der Waals surface area contributed by atoms with Crippen molar-refractivity contribution >= 4 is 39.2 Å². The van der Waals surface area contributed by atoms with Crippen LogP contribution in [0, 0.1) is 23.4 Å². The van der Waals surface area contributed by atoms with Crippen molar-refractivity contribution in [3.05, 3.63) is 116 Å². The molecule has 3 aromatic carbocycles. The van der Waals surface area contributed by atoms with Crippen LogP contribution in [0.4, 0.5) is 23.7 Å². The van der Waals surface area contributed by atoms with E-state index in [2.05, 4.69) is 10.6 Å². The van der Waals surface area contributed by atoms with Crippen molar-refractivity contribution in [3.63, 3.8) is 0 Å². The van der Waals surface area contributed by atoms with Crippen molar-refractivity contribution in [2.45, 2.75) is 26.4 Å². The van der Waals surface area contributed by atoms with Gasteiger partial charge in [-0.05, 0) is 80.1 Å². The molecule has 0 radical (unpaired) electrons. The normalized spacial score (nSPS) is 14.6. The second-order valence-electron chi connectivity index (χ2n) is 12.3. The Morgan fingerprint density at radius 3 is 2.26 bits per heavy atom. The van der Waals surface area contributed by atoms with Gasteiger partial charge in [-0.2, -0.15) is 0 Å². The summed E-state index contributed by atoms with van der Waals surface area (Å²) < 4.78 is 46.1. The smallest absolute Gasteiger partial charge is 0.337 e. The van der Waals surface area contributed by atoms with E-state index in [4.69, 9.17) is 0 Å². The zero-order chi connectivity index (χ0) is 35.7. The van der Waals surface area contributed by atoms with E-state index in [0.717, 1.165) is 40.2 Å². The molecule has 0 saturated carbocycles. The average molecular weight is 705 g/mol. The first-order valence-corrected chi connectivity index (χ1v) is 16.9. The maximum absolute atomic E-state index is 15.0. The number of urea groups is 1. The molecule has 14 heteroatoms. The highest BCUT2D eigenvalue weighted by Gasteiger charge is 2.31. The first-order valence-electron chi connectivity index (χ1n) is 16.1. The standard InChI is InChI=1S/C36H35F3N6O4S/c1-4-40-35(48)41-24-12-8-21(9-13-24)31-27(19-42(2)18-22-16-17-43(3)32(22)46)30-33(47)45(25-14-10-23(37)11-15-25)36(49)44(34(30)50-31)20-26-28(38)6-5-7-29(26)39/h5-15,22H,4,16-20H2,1-3H3,(H2,40,41,48). The molecule has 0 spiro atoms. The minimum Gasteiger partial charge on any atom is -0.345 e. The van der Waals surface area contributed by atoms with Crippen molar-refractivity contribution in [3.8, 4) is 16.1 Å². The number of carbonyl (C=O) groups excluding carboxylic acids is 2. The summed E-state index contributed by atoms with van der Waals surface area (Å²) in [5.41, 5.74) is -0.0914. The average Bonchev–Trinajstić information content (AvgIpc) is 3.60. The number of nitrogens with one attached hydrogen (secondary N) is 2. The monoisotopic (exact) mass is 704 g/mol. The van der Waals surface area contributed by atoms with Gasteiger partial charge in [-0.1, -0.05) is 18.2 Å². The Hall–Kier alpha value is -5.21. The maximum Gasteiger partial charge on any atom is 0.337 e. The van der Waals surface area contributed by atoms with E-state index in [1.54, 1.807) is 43.1 Å². The lowest BCUT2D eigenvalue weighted by Crippen LogP contribution is -2.39. The highest BCUT2D eigenvalue weighted by molar-refractivity contribution is 7.22. The predicted octanol–water partition coefficient (Wildman–Crippen LogP) is 5.40. The zero-order valence-corrected chi connectivity index (χ0v) is 28.5. The van der Waals surface area contributed by atoms with Crippen LogP contribution in [-0.4, -0.2) is 64.6 Å². The van der Waals surface area contributed by atoms with Gasteiger partial charge in [0.1, 0.15) is 22.3 Å². The number of thiophene rings is 1. The van der Waals surface area contributed by atoms with Crippen LogP contribution in [-0.2, 0) is 17.9 Å². The maximum atomic E-state index is 15.0. The molecule has 1 atom stereocenters. The van der Waals surface area contributed by atoms with Gasteiger partial charge in [0.25, 0.3) is 5.56 Å². The number of aromatic nitrogens is 2. The van der Waals surface area contributed by atoms with Crippen LogP contribution in [0.5, 0.6) is 0 Å². The SMILES string of the molecule is CCNC(=O)Nc1ccc(-c2sc3c(c2CN(C)CC2CCN(C)C2=O)c(=O)n(-c2ccc(F)cc2)c(=O)n3Cc2c(F)cccc2F)cc1. The van der Waals surface area contributed by atoms with Gasteiger partial charge in [0.15, 0.2) is 0 Å². The molecule has 0 bridgehead atoms. The van der Waals surface area contributed by atoms with E-state index in [1.165, 1.54) is 22.8 Å². The van der Waals surface area contributed by atoms with E-state index < -0.39 is 35.2 Å². The number of carbonyl (C=O) groups is 2. The van der Waals surface area contributed by atoms with E-state index in [1.807, 2.05) is 11.9 Å². The quantitative estimate of drug-likeness (QED) is 0.203. The number of amides is 3. The van der Waals surface area contributed by atoms with Gasteiger partial charge in [-0.15, -0.1) is 11.3 Å². The summed E-state index contributed by atoms with van der Waals surface area (Å²) in [6.07, 6.45) is 0.683. The van der Waals surface area contributed by atoms with Crippen molar-refractivity contribution in [2.75, 3.05) is 39.0 Å². The highest BCUT2D eigenvalue weighted by atomic mass is 32.1. The lowest BCUT2D eigenvalue weighted by Gasteiger charge is -2.21. The number of nitrogens with zero attached hydrogens (tertiary/aromatic N) is 4. The van der Waals surface area contributed by atoms with Gasteiger partial charge in [-0.25, -0.2) is 27.3 Å². The molecule has 10 nitrogen and oxygen atoms in total. The fraction of sp³-hybridized carbons (Fsp3) is 0.278. The molecule has 0 aliphatic carbocycles. The summed E-state index contributed by atoms with van der Waals surface area (Å²) in [4.78, 5) is 58.0. The minimum absolute atomic E-state index is 0.0295. The van der Waals surface area contributed by atoms with Crippen LogP contribution in [0.25, 0.3) is 26.3 Å². The Morgan fingerprint density at radius 1 is 0.960 bits per heavy atom. The number of hydrogen-bond donors (Lipinski definition) is 2. The second-order valence-corrected chi connectivity index (χ2v) is 13.3. The van der Waals surface area contributed by atoms with Crippen LogP contribution < -0.4 is 21.9 Å². The first-order chi connectivity index (χ1) is 24.0. The fourth-order valence-corrected chi connectivity index (χ4v) is 7.57. The van der Waals surface area contributed by atoms with Gasteiger partial charge in [0.05, 0.1) is 23.5 Å². The molecule has 1 aliphatic heterocycles. The van der Waals surface area contributed by atoms with Crippen LogP contribution in [0.1, 0.15) is 24.5 Å². The molecule has 1 unspecified atom stereocenters. The van der Waals surface area contributed by atoms with Crippen LogP contribution in [0.3, 0.4) is 0 Å². The van der Waals surface area contributed by atoms with Gasteiger partial charge in [0.2, 0.25) is 5.91 Å². The first kappa shape index (κ1) is 34.6. The molecule has 3 amide bonds. The molecule has 1 aliphatic rings. The molecular formula is C36H35F3N6O4S. The molecule has 1 fully saturated rings. The molecule has 50 heavy (non-hydrogen) atoms. The highest BCUT2D eigenvalue weighted by Crippen LogP contribution is 2.39. The van der Waals surface area contributed by atoms with Gasteiger partial charge < -0.3 is 20.4 Å². The Kier molecular flexibility index (Phi) is 9.93. The van der Waals surface area contributed by atoms with Crippen molar-refractivity contribution < 1.29 is 22.8 Å². The lowest BCUT2D eigenvalue weighted by molar-refractivity contribution is -0.130. The third-order valence-electron chi connectivity index (χ3n) is 8.78. The molecular weight excluding hydrogens is 669 g/mol. The molecule has 260 valence electrons. The summed E-state index contributed by atoms with van der Waals surface area (Å²) in [7, 11) is 3.59. The van der Waals surface area contributed by atoms with Crippen LogP contribution in [0.15, 0.2) is 76.3 Å². The van der Waals surface area contributed by atoms with Crippen LogP contribution in [0.2, 0.25) is 0 Å². The lowest BCUT2D eigenvalue weighted by atomic mass is 10.0. The summed E-state index contributed by atoms with van der Waals surface area (Å²) in [5.74, 6) is -2.50. The molecule has 3 heterocycles. The number of hydrogen-bond acceptors (Lipinski definition) is 6. The molecule has 1 saturated heterocycles. The zero-order valence-electron chi connectivity index (χ0n) is 27.6. The minimum atomic E-state index is -0.859. The Morgan fingerprint density at radius 2 is 1.64 bits per heavy atom. The summed E-state index contributed by atoms with van der Waals surface area (Å²) in [6.45, 7) is 2.95. The van der Waals surface area contributed by atoms with Crippen LogP contribution >= 0.6 is 11.3 Å². The van der Waals surface area contributed by atoms with E-state index >= 15 is 8.78 Å². The second kappa shape index (κ2) is 14.3. The number of fused-ring (bicyclic) bond motifs is 1. The molecule has 2 aromatic heterocycles. The molecule has 2 N–H and O–H groups in total. The van der Waals surface area contributed by atoms with Crippen molar-refractivity contribution in [2.24, 2.45) is 5.92 Å². The third kappa shape index (κ3) is 6.81. The number of anilines is 1. The Labute approximate surface area is 289 Å². The van der Waals surface area contributed by atoms with E-state index in [-0.39, 0.29) is 45.9 Å². The van der Waals surface area contributed by atoms with E-state index in [9.17, 15) is 23.6 Å². The Balaban J connectivity index is 1.57. The number of benzene rings is 3. The summed E-state index contributed by atoms with van der Waals surface area (Å²) in [5, 5.41) is 5.57. The predicted molar refractivity (Wildman–Crippen MR) is 187 cm³/mol. The van der Waals surface area contributed by atoms with Crippen molar-refractivity contribution in [1.29, 1.82) is 0 Å². The van der Waals surface area contributed by atoms with Gasteiger partial charge >= 0.3 is 11.7 Å².